The molecule has 0 saturated carbocycles. The van der Waals surface area contributed by atoms with Crippen molar-refractivity contribution in [2.75, 3.05) is 13.2 Å². The van der Waals surface area contributed by atoms with Crippen molar-refractivity contribution in [3.8, 4) is 0 Å². The summed E-state index contributed by atoms with van der Waals surface area (Å²) in [7, 11) is 0. The molecule has 1 aliphatic heterocycles. The highest BCUT2D eigenvalue weighted by Crippen LogP contribution is 2.27. The van der Waals surface area contributed by atoms with Crippen LogP contribution in [0.15, 0.2) is 36.6 Å². The van der Waals surface area contributed by atoms with Crippen LogP contribution < -0.4 is 0 Å². The third-order valence-corrected chi connectivity index (χ3v) is 3.32. The minimum atomic E-state index is -0.834. The van der Waals surface area contributed by atoms with E-state index in [4.69, 9.17) is 9.47 Å². The summed E-state index contributed by atoms with van der Waals surface area (Å²) in [5.74, 6) is 0.793. The second-order valence-corrected chi connectivity index (χ2v) is 5.14. The second kappa shape index (κ2) is 8.16. The normalized spacial score (nSPS) is 20.7. The molecule has 0 aromatic rings. The highest BCUT2D eigenvalue weighted by molar-refractivity contribution is 5.28. The molecule has 108 valence electrons. The van der Waals surface area contributed by atoms with Crippen LogP contribution in [0.2, 0.25) is 0 Å². The lowest BCUT2D eigenvalue weighted by Crippen LogP contribution is -2.24. The van der Waals surface area contributed by atoms with E-state index in [0.29, 0.717) is 6.42 Å². The van der Waals surface area contributed by atoms with Crippen LogP contribution in [-0.4, -0.2) is 25.5 Å². The van der Waals surface area contributed by atoms with Crippen LogP contribution in [0.1, 0.15) is 33.1 Å². The molecule has 19 heavy (non-hydrogen) atoms. The van der Waals surface area contributed by atoms with Crippen LogP contribution in [0.4, 0.5) is 4.39 Å². The Kier molecular flexibility index (Phi) is 6.85. The zero-order chi connectivity index (χ0) is 14.3. The smallest absolute Gasteiger partial charge is 0.122 e. The Morgan fingerprint density at radius 3 is 2.58 bits per heavy atom. The number of hydrogen-bond acceptors (Lipinski definition) is 2. The molecular formula is C16H25FO2. The molecular weight excluding hydrogens is 243 g/mol. The van der Waals surface area contributed by atoms with Crippen LogP contribution in [0, 0.1) is 5.92 Å². The van der Waals surface area contributed by atoms with Crippen molar-refractivity contribution in [3.05, 3.63) is 36.6 Å². The van der Waals surface area contributed by atoms with Gasteiger partial charge in [-0.1, -0.05) is 26.2 Å². The lowest BCUT2D eigenvalue weighted by molar-refractivity contribution is -0.00256. The molecule has 1 aliphatic rings. The summed E-state index contributed by atoms with van der Waals surface area (Å²) < 4.78 is 24.4. The predicted molar refractivity (Wildman–Crippen MR) is 76.7 cm³/mol. The van der Waals surface area contributed by atoms with Gasteiger partial charge >= 0.3 is 0 Å². The highest BCUT2D eigenvalue weighted by atomic mass is 19.1. The van der Waals surface area contributed by atoms with Gasteiger partial charge in [0.05, 0.1) is 19.4 Å². The van der Waals surface area contributed by atoms with E-state index in [1.54, 1.807) is 13.0 Å². The van der Waals surface area contributed by atoms with Crippen molar-refractivity contribution in [3.63, 3.8) is 0 Å². The van der Waals surface area contributed by atoms with Crippen LogP contribution in [0.3, 0.4) is 0 Å². The van der Waals surface area contributed by atoms with Crippen molar-refractivity contribution in [2.24, 2.45) is 5.92 Å². The summed E-state index contributed by atoms with van der Waals surface area (Å²) in [6, 6.07) is 0. The third-order valence-electron chi connectivity index (χ3n) is 3.32. The first-order valence-corrected chi connectivity index (χ1v) is 6.95. The minimum absolute atomic E-state index is 0.0611. The molecule has 0 aromatic heterocycles. The quantitative estimate of drug-likeness (QED) is 0.509. The van der Waals surface area contributed by atoms with E-state index in [9.17, 15) is 4.39 Å². The lowest BCUT2D eigenvalue weighted by atomic mass is 9.95. The van der Waals surface area contributed by atoms with Gasteiger partial charge in [0.1, 0.15) is 11.9 Å². The summed E-state index contributed by atoms with van der Waals surface area (Å²) in [6.07, 6.45) is 5.06. The van der Waals surface area contributed by atoms with E-state index in [-0.39, 0.29) is 12.0 Å². The Hall–Kier alpha value is -1.09. The van der Waals surface area contributed by atoms with Crippen molar-refractivity contribution < 1.29 is 13.9 Å². The highest BCUT2D eigenvalue weighted by Gasteiger charge is 2.20. The first-order chi connectivity index (χ1) is 9.04. The monoisotopic (exact) mass is 268 g/mol. The SMILES string of the molecule is C=CC=C(OC1CCOCC1)C(=C)C(C)CC(C)F. The molecule has 0 aromatic carbocycles. The Labute approximate surface area is 116 Å². The molecule has 0 amide bonds. The second-order valence-electron chi connectivity index (χ2n) is 5.14. The number of hydrogen-bond donors (Lipinski definition) is 0. The number of allylic oxidation sites excluding steroid dienone is 3. The summed E-state index contributed by atoms with van der Waals surface area (Å²) in [6.45, 7) is 12.8. The Morgan fingerprint density at radius 1 is 1.42 bits per heavy atom. The maximum atomic E-state index is 13.1. The van der Waals surface area contributed by atoms with Gasteiger partial charge in [0.15, 0.2) is 0 Å². The Balaban J connectivity index is 2.63. The van der Waals surface area contributed by atoms with Gasteiger partial charge in [0.25, 0.3) is 0 Å². The van der Waals surface area contributed by atoms with Gasteiger partial charge < -0.3 is 9.47 Å². The largest absolute Gasteiger partial charge is 0.490 e. The number of halogens is 1. The Bertz CT molecular complexity index is 328. The zero-order valence-corrected chi connectivity index (χ0v) is 12.0. The van der Waals surface area contributed by atoms with Gasteiger partial charge in [-0.15, -0.1) is 0 Å². The first kappa shape index (κ1) is 16.0. The van der Waals surface area contributed by atoms with Gasteiger partial charge in [0, 0.05) is 12.8 Å². The minimum Gasteiger partial charge on any atom is -0.490 e. The summed E-state index contributed by atoms with van der Waals surface area (Å²) in [5.41, 5.74) is 0.843. The van der Waals surface area contributed by atoms with Crippen molar-refractivity contribution in [1.29, 1.82) is 0 Å². The van der Waals surface area contributed by atoms with Gasteiger partial charge in [-0.3, -0.25) is 0 Å². The maximum Gasteiger partial charge on any atom is 0.122 e. The van der Waals surface area contributed by atoms with E-state index in [0.717, 1.165) is 37.4 Å². The fourth-order valence-corrected chi connectivity index (χ4v) is 2.17. The average Bonchev–Trinajstić information content (AvgIpc) is 2.38. The molecule has 1 saturated heterocycles. The van der Waals surface area contributed by atoms with Crippen molar-refractivity contribution in [1.82, 2.24) is 0 Å². The Morgan fingerprint density at radius 2 is 2.05 bits per heavy atom. The summed E-state index contributed by atoms with van der Waals surface area (Å²) >= 11 is 0. The van der Waals surface area contributed by atoms with Crippen LogP contribution in [-0.2, 0) is 9.47 Å². The molecule has 2 atom stereocenters. The van der Waals surface area contributed by atoms with E-state index >= 15 is 0 Å². The maximum absolute atomic E-state index is 13.1. The van der Waals surface area contributed by atoms with Gasteiger partial charge in [-0.25, -0.2) is 4.39 Å². The van der Waals surface area contributed by atoms with E-state index in [1.165, 1.54) is 0 Å². The molecule has 3 heteroatoms. The molecule has 0 bridgehead atoms. The molecule has 2 nitrogen and oxygen atoms in total. The van der Waals surface area contributed by atoms with Crippen LogP contribution >= 0.6 is 0 Å². The van der Waals surface area contributed by atoms with Crippen molar-refractivity contribution in [2.45, 2.75) is 45.4 Å². The fourth-order valence-electron chi connectivity index (χ4n) is 2.17. The van der Waals surface area contributed by atoms with Gasteiger partial charge in [0.2, 0.25) is 0 Å². The molecule has 0 aliphatic carbocycles. The summed E-state index contributed by atoms with van der Waals surface area (Å²) in [5, 5.41) is 0. The predicted octanol–water partition coefficient (Wildman–Crippen LogP) is 4.19. The first-order valence-electron chi connectivity index (χ1n) is 6.95. The zero-order valence-electron chi connectivity index (χ0n) is 12.0. The average molecular weight is 268 g/mol. The molecule has 2 unspecified atom stereocenters. The fraction of sp³-hybridized carbons (Fsp3) is 0.625. The lowest BCUT2D eigenvalue weighted by Gasteiger charge is -2.27. The van der Waals surface area contributed by atoms with Crippen molar-refractivity contribution >= 4 is 0 Å². The molecule has 0 radical (unpaired) electrons. The van der Waals surface area contributed by atoms with Crippen LogP contribution in [0.25, 0.3) is 0 Å². The van der Waals surface area contributed by atoms with E-state index < -0.39 is 6.17 Å². The number of ether oxygens (including phenoxy) is 2. The molecule has 1 heterocycles. The molecule has 1 fully saturated rings. The topological polar surface area (TPSA) is 18.5 Å². The van der Waals surface area contributed by atoms with E-state index in [2.05, 4.69) is 13.2 Å². The third kappa shape index (κ3) is 5.60. The van der Waals surface area contributed by atoms with E-state index in [1.807, 2.05) is 13.0 Å². The molecule has 0 spiro atoms. The summed E-state index contributed by atoms with van der Waals surface area (Å²) in [4.78, 5) is 0. The molecule has 0 N–H and O–H groups in total. The number of rotatable bonds is 7. The van der Waals surface area contributed by atoms with Gasteiger partial charge in [-0.05, 0) is 30.9 Å². The molecule has 1 rings (SSSR count). The number of alkyl halides is 1. The standard InChI is InChI=1S/C16H25FO2/c1-5-6-16(14(4)12(2)11-13(3)17)19-15-7-9-18-10-8-15/h5-6,12-13,15H,1,4,7-11H2,2-3H3. The van der Waals surface area contributed by atoms with Gasteiger partial charge in [-0.2, -0.15) is 0 Å². The van der Waals surface area contributed by atoms with Crippen LogP contribution in [0.5, 0.6) is 0 Å².